The van der Waals surface area contributed by atoms with Crippen LogP contribution in [-0.4, -0.2) is 29.1 Å². The van der Waals surface area contributed by atoms with Gasteiger partial charge in [0, 0.05) is 12.5 Å². The lowest BCUT2D eigenvalue weighted by atomic mass is 9.76. The predicted molar refractivity (Wildman–Crippen MR) is 98.0 cm³/mol. The summed E-state index contributed by atoms with van der Waals surface area (Å²) in [6, 6.07) is 7.94. The minimum absolute atomic E-state index is 0.0457. The second kappa shape index (κ2) is 5.79. The molecule has 0 unspecified atom stereocenters. The second-order valence-corrected chi connectivity index (χ2v) is 8.16. The van der Waals surface area contributed by atoms with Crippen molar-refractivity contribution in [2.24, 2.45) is 0 Å². The Balaban J connectivity index is 2.04. The molecular weight excluding hydrogens is 321 g/mol. The summed E-state index contributed by atoms with van der Waals surface area (Å²) in [6.45, 7) is 11.6. The van der Waals surface area contributed by atoms with Crippen molar-refractivity contribution >= 4 is 29.7 Å². The van der Waals surface area contributed by atoms with Crippen LogP contribution in [0.4, 0.5) is 0 Å². The van der Waals surface area contributed by atoms with E-state index in [0.717, 1.165) is 21.7 Å². The summed E-state index contributed by atoms with van der Waals surface area (Å²) in [4.78, 5) is 17.0. The molecule has 0 aliphatic carbocycles. The number of benzene rings is 1. The highest BCUT2D eigenvalue weighted by Gasteiger charge is 2.52. The number of carbonyl (C=O) groups excluding carboxylic acids is 1. The summed E-state index contributed by atoms with van der Waals surface area (Å²) in [5.74, 6) is 0.0457. The Labute approximate surface area is 147 Å². The summed E-state index contributed by atoms with van der Waals surface area (Å²) in [5.41, 5.74) is 1.88. The fraction of sp³-hybridized carbons (Fsp3) is 0.444. The molecule has 2 aromatic rings. The molecule has 2 heterocycles. The first-order valence-electron chi connectivity index (χ1n) is 8.06. The first-order chi connectivity index (χ1) is 11.1. The smallest absolute Gasteiger partial charge is 0.399 e. The van der Waals surface area contributed by atoms with Crippen LogP contribution in [-0.2, 0) is 9.31 Å². The van der Waals surface area contributed by atoms with Gasteiger partial charge in [0.2, 0.25) is 0 Å². The largest absolute Gasteiger partial charge is 0.495 e. The topological polar surface area (TPSA) is 48.4 Å². The third-order valence-corrected chi connectivity index (χ3v) is 6.11. The average Bonchev–Trinajstić information content (AvgIpc) is 2.97. The summed E-state index contributed by atoms with van der Waals surface area (Å²) in [6.07, 6.45) is 0. The highest BCUT2D eigenvalue weighted by Crippen LogP contribution is 2.37. The molecule has 24 heavy (non-hydrogen) atoms. The van der Waals surface area contributed by atoms with Crippen molar-refractivity contribution in [2.45, 2.75) is 52.7 Å². The van der Waals surface area contributed by atoms with Gasteiger partial charge in [0.15, 0.2) is 5.78 Å². The molecule has 0 bridgehead atoms. The fourth-order valence-corrected chi connectivity index (χ4v) is 3.71. The molecular formula is C18H22BNO3S. The summed E-state index contributed by atoms with van der Waals surface area (Å²) in [7, 11) is -0.448. The van der Waals surface area contributed by atoms with Gasteiger partial charge in [-0.25, -0.2) is 4.98 Å². The predicted octanol–water partition coefficient (Wildman–Crippen LogP) is 3.62. The second-order valence-electron chi connectivity index (χ2n) is 7.17. The number of aromatic nitrogens is 1. The zero-order valence-electron chi connectivity index (χ0n) is 15.0. The van der Waals surface area contributed by atoms with Crippen LogP contribution in [0.25, 0.3) is 10.6 Å². The van der Waals surface area contributed by atoms with Gasteiger partial charge < -0.3 is 9.31 Å². The molecule has 0 radical (unpaired) electrons. The molecule has 0 N–H and O–H groups in total. The van der Waals surface area contributed by atoms with E-state index in [1.54, 1.807) is 6.92 Å². The van der Waals surface area contributed by atoms with Gasteiger partial charge >= 0.3 is 7.12 Å². The Morgan fingerprint density at radius 3 is 2.25 bits per heavy atom. The molecule has 126 valence electrons. The van der Waals surface area contributed by atoms with Gasteiger partial charge in [0.05, 0.1) is 21.8 Å². The van der Waals surface area contributed by atoms with Crippen molar-refractivity contribution in [2.75, 3.05) is 0 Å². The van der Waals surface area contributed by atoms with E-state index in [2.05, 4.69) is 4.98 Å². The maximum atomic E-state index is 11.7. The summed E-state index contributed by atoms with van der Waals surface area (Å²) < 4.78 is 12.4. The van der Waals surface area contributed by atoms with Crippen LogP contribution in [0.15, 0.2) is 24.3 Å². The lowest BCUT2D eigenvalue weighted by Crippen LogP contribution is -2.41. The normalized spacial score (nSPS) is 18.8. The Morgan fingerprint density at radius 2 is 1.71 bits per heavy atom. The molecule has 1 aliphatic heterocycles. The van der Waals surface area contributed by atoms with Crippen LogP contribution in [0.5, 0.6) is 0 Å². The molecule has 1 saturated heterocycles. The van der Waals surface area contributed by atoms with Crippen LogP contribution in [0.3, 0.4) is 0 Å². The number of thiazole rings is 1. The quantitative estimate of drug-likeness (QED) is 0.631. The zero-order valence-corrected chi connectivity index (χ0v) is 15.8. The number of rotatable bonds is 3. The third-order valence-electron chi connectivity index (χ3n) is 4.81. The Hall–Kier alpha value is -1.50. The van der Waals surface area contributed by atoms with Crippen molar-refractivity contribution in [3.63, 3.8) is 0 Å². The number of hydrogen-bond donors (Lipinski definition) is 0. The minimum atomic E-state index is -0.448. The Morgan fingerprint density at radius 1 is 1.12 bits per heavy atom. The van der Waals surface area contributed by atoms with Crippen molar-refractivity contribution in [3.8, 4) is 10.6 Å². The van der Waals surface area contributed by atoms with Crippen LogP contribution in [0.2, 0.25) is 0 Å². The number of carbonyl (C=O) groups is 1. The molecule has 0 saturated carbocycles. The van der Waals surface area contributed by atoms with E-state index in [9.17, 15) is 4.79 Å². The van der Waals surface area contributed by atoms with Gasteiger partial charge in [-0.1, -0.05) is 24.3 Å². The number of aryl methyl sites for hydroxylation is 1. The molecule has 4 nitrogen and oxygen atoms in total. The van der Waals surface area contributed by atoms with Crippen LogP contribution >= 0.6 is 11.3 Å². The third kappa shape index (κ3) is 2.83. The van der Waals surface area contributed by atoms with Crippen LogP contribution in [0, 0.1) is 6.92 Å². The first-order valence-corrected chi connectivity index (χ1v) is 8.87. The van der Waals surface area contributed by atoms with E-state index >= 15 is 0 Å². The van der Waals surface area contributed by atoms with Gasteiger partial charge in [-0.15, -0.1) is 11.3 Å². The van der Waals surface area contributed by atoms with Gasteiger partial charge in [-0.2, -0.15) is 0 Å². The highest BCUT2D eigenvalue weighted by molar-refractivity contribution is 7.17. The van der Waals surface area contributed by atoms with E-state index in [4.69, 9.17) is 9.31 Å². The van der Waals surface area contributed by atoms with Gasteiger partial charge in [-0.3, -0.25) is 4.79 Å². The molecule has 3 rings (SSSR count). The highest BCUT2D eigenvalue weighted by atomic mass is 32.1. The lowest BCUT2D eigenvalue weighted by Gasteiger charge is -2.32. The lowest BCUT2D eigenvalue weighted by molar-refractivity contribution is 0.00578. The fourth-order valence-electron chi connectivity index (χ4n) is 2.71. The molecule has 1 fully saturated rings. The number of Topliss-reactive ketones (excluding diaryl/α,β-unsaturated/α-hetero) is 1. The number of ketones is 1. The van der Waals surface area contributed by atoms with E-state index in [0.29, 0.717) is 4.88 Å². The van der Waals surface area contributed by atoms with Gasteiger partial charge in [0.25, 0.3) is 0 Å². The van der Waals surface area contributed by atoms with Gasteiger partial charge in [-0.05, 0) is 40.1 Å². The summed E-state index contributed by atoms with van der Waals surface area (Å²) in [5, 5.41) is 0.822. The van der Waals surface area contributed by atoms with E-state index < -0.39 is 18.3 Å². The number of hydrogen-bond acceptors (Lipinski definition) is 5. The zero-order chi connectivity index (χ0) is 17.7. The van der Waals surface area contributed by atoms with Crippen molar-refractivity contribution < 1.29 is 14.1 Å². The summed E-state index contributed by atoms with van der Waals surface area (Å²) >= 11 is 1.42. The molecule has 0 amide bonds. The molecule has 1 aromatic heterocycles. The van der Waals surface area contributed by atoms with Crippen molar-refractivity contribution in [1.29, 1.82) is 0 Å². The molecule has 6 heteroatoms. The SMILES string of the molecule is CC(=O)c1sc(-c2ccccc2B2OC(C)(C)C(C)(C)O2)nc1C. The van der Waals surface area contributed by atoms with Gasteiger partial charge in [0.1, 0.15) is 5.01 Å². The van der Waals surface area contributed by atoms with Crippen LogP contribution in [0.1, 0.15) is 50.0 Å². The standard InChI is InChI=1S/C18H22BNO3S/c1-11-15(12(2)21)24-16(20-11)13-9-7-8-10-14(13)19-22-17(3,4)18(5,6)23-19/h7-10H,1-6H3. The van der Waals surface area contributed by atoms with Crippen LogP contribution < -0.4 is 5.46 Å². The molecule has 0 atom stereocenters. The maximum Gasteiger partial charge on any atom is 0.495 e. The molecule has 1 aromatic carbocycles. The Bertz CT molecular complexity index is 781. The average molecular weight is 343 g/mol. The van der Waals surface area contributed by atoms with E-state index in [-0.39, 0.29) is 5.78 Å². The monoisotopic (exact) mass is 343 g/mol. The van der Waals surface area contributed by atoms with E-state index in [1.165, 1.54) is 11.3 Å². The Kier molecular flexibility index (Phi) is 4.18. The molecule has 0 spiro atoms. The first kappa shape index (κ1) is 17.3. The van der Waals surface area contributed by atoms with Crippen molar-refractivity contribution in [3.05, 3.63) is 34.8 Å². The van der Waals surface area contributed by atoms with E-state index in [1.807, 2.05) is 58.9 Å². The van der Waals surface area contributed by atoms with Crippen molar-refractivity contribution in [1.82, 2.24) is 4.98 Å². The maximum absolute atomic E-state index is 11.7. The number of nitrogens with zero attached hydrogens (tertiary/aromatic N) is 1. The minimum Gasteiger partial charge on any atom is -0.399 e. The molecule has 1 aliphatic rings.